The van der Waals surface area contributed by atoms with Gasteiger partial charge in [-0.25, -0.2) is 18.4 Å². The van der Waals surface area contributed by atoms with E-state index in [0.29, 0.717) is 80.4 Å². The molecule has 2 N–H and O–H groups in total. The zero-order valence-electron chi connectivity index (χ0n) is 39.4. The molecule has 5 heterocycles. The molecule has 4 fully saturated rings. The van der Waals surface area contributed by atoms with Crippen LogP contribution in [0.25, 0.3) is 22.0 Å². The highest BCUT2D eigenvalue weighted by atomic mass is 35.5. The van der Waals surface area contributed by atoms with Crippen LogP contribution in [0, 0.1) is 22.2 Å². The highest BCUT2D eigenvalue weighted by Crippen LogP contribution is 2.56. The summed E-state index contributed by atoms with van der Waals surface area (Å²) in [5.41, 5.74) is 3.23. The second-order valence-corrected chi connectivity index (χ2v) is 22.5. The fourth-order valence-corrected chi connectivity index (χ4v) is 12.5. The van der Waals surface area contributed by atoms with E-state index < -0.39 is 20.9 Å². The van der Waals surface area contributed by atoms with Gasteiger partial charge in [0.15, 0.2) is 0 Å². The molecular formula is C51H55ClN10O6S. The Labute approximate surface area is 406 Å². The Bertz CT molecular complexity index is 3170. The van der Waals surface area contributed by atoms with E-state index in [0.717, 1.165) is 50.5 Å². The van der Waals surface area contributed by atoms with Gasteiger partial charge in [0.25, 0.3) is 11.5 Å². The fraction of sp³-hybridized carbons (Fsp3) is 0.392. The number of fused-ring (bicyclic) bond motifs is 1. The smallest absolute Gasteiger partial charge is 0.274 e. The lowest BCUT2D eigenvalue weighted by Gasteiger charge is -2.63. The van der Waals surface area contributed by atoms with E-state index in [1.807, 2.05) is 30.3 Å². The minimum Gasteiger partial charge on any atom is -0.489 e. The topological polar surface area (TPSA) is 182 Å². The average molecular weight is 972 g/mol. The summed E-state index contributed by atoms with van der Waals surface area (Å²) in [6.07, 6.45) is 7.79. The van der Waals surface area contributed by atoms with Gasteiger partial charge in [-0.15, -0.1) is 0 Å². The number of nitrogens with zero attached hydrogens (tertiary/aromatic N) is 8. The third-order valence-corrected chi connectivity index (χ3v) is 17.2. The molecule has 0 atom stereocenters. The van der Waals surface area contributed by atoms with Gasteiger partial charge in [-0.3, -0.25) is 18.8 Å². The Morgan fingerprint density at radius 3 is 2.33 bits per heavy atom. The van der Waals surface area contributed by atoms with E-state index in [4.69, 9.17) is 21.1 Å². The summed E-state index contributed by atoms with van der Waals surface area (Å²) in [7, 11) is -0.220. The number of hydrogen-bond donors (Lipinski definition) is 2. The molecule has 2 aliphatic heterocycles. The molecule has 0 spiro atoms. The second kappa shape index (κ2) is 17.4. The number of aromatic nitrogens is 4. The predicted molar refractivity (Wildman–Crippen MR) is 267 cm³/mol. The van der Waals surface area contributed by atoms with Crippen molar-refractivity contribution in [2.75, 3.05) is 60.4 Å². The summed E-state index contributed by atoms with van der Waals surface area (Å²) in [6.45, 7) is 13.2. The van der Waals surface area contributed by atoms with Gasteiger partial charge in [-0.1, -0.05) is 45.4 Å². The molecule has 16 nitrogen and oxygen atoms in total. The van der Waals surface area contributed by atoms with Crippen molar-refractivity contribution in [2.45, 2.75) is 64.0 Å². The lowest BCUT2D eigenvalue weighted by atomic mass is 9.49. The number of amides is 1. The SMILES string of the molecule is CN(c1ccc(Oc2cccc(N3CC(N4CCN(c5ncc(C(=O)NC6C(C)(C)C(Oc7ccc(C#N)c(Cl)c7)C6(C)C)cn5)CC4)C3)c2)c(-c2cn(C)c(=O)c3[nH]ccc23)c1)S(=O)(=O)C1CC1. The number of sulfonamides is 1. The number of piperazine rings is 1. The Morgan fingerprint density at radius 1 is 0.928 bits per heavy atom. The van der Waals surface area contributed by atoms with Gasteiger partial charge in [0, 0.05) is 135 Å². The quantitative estimate of drug-likeness (QED) is 0.119. The zero-order valence-corrected chi connectivity index (χ0v) is 41.0. The van der Waals surface area contributed by atoms with Gasteiger partial charge in [0.1, 0.15) is 34.9 Å². The second-order valence-electron chi connectivity index (χ2n) is 19.9. The monoisotopic (exact) mass is 970 g/mol. The summed E-state index contributed by atoms with van der Waals surface area (Å²) in [5.74, 6) is 2.10. The first-order valence-electron chi connectivity index (χ1n) is 23.2. The summed E-state index contributed by atoms with van der Waals surface area (Å²) >= 11 is 6.27. The molecule has 10 rings (SSSR count). The van der Waals surface area contributed by atoms with Crippen LogP contribution in [-0.4, -0.2) is 108 Å². The van der Waals surface area contributed by atoms with Gasteiger partial charge in [0.05, 0.1) is 27.1 Å². The lowest BCUT2D eigenvalue weighted by molar-refractivity contribution is -0.164. The normalized spacial score (nSPS) is 20.1. The minimum absolute atomic E-state index is 0.162. The number of rotatable bonds is 13. The molecule has 3 aromatic heterocycles. The van der Waals surface area contributed by atoms with Crippen molar-refractivity contribution in [3.63, 3.8) is 0 Å². The van der Waals surface area contributed by atoms with Crippen molar-refractivity contribution in [1.29, 1.82) is 5.26 Å². The Balaban J connectivity index is 0.748. The van der Waals surface area contributed by atoms with E-state index in [9.17, 15) is 23.3 Å². The molecule has 1 amide bonds. The fourth-order valence-electron chi connectivity index (χ4n) is 10.7. The van der Waals surface area contributed by atoms with Crippen LogP contribution >= 0.6 is 11.6 Å². The first-order chi connectivity index (χ1) is 32.9. The van der Waals surface area contributed by atoms with Crippen LogP contribution in [0.3, 0.4) is 0 Å². The van der Waals surface area contributed by atoms with Gasteiger partial charge >= 0.3 is 0 Å². The van der Waals surface area contributed by atoms with Crippen LogP contribution in [0.2, 0.25) is 5.02 Å². The molecule has 6 aromatic rings. The molecule has 2 saturated carbocycles. The number of aromatic amines is 1. The molecule has 358 valence electrons. The number of carbonyl (C=O) groups excluding carboxylic acids is 1. The van der Waals surface area contributed by atoms with E-state index in [2.05, 4.69) is 74.8 Å². The number of benzene rings is 3. The van der Waals surface area contributed by atoms with Crippen molar-refractivity contribution in [3.8, 4) is 34.4 Å². The number of nitriles is 1. The van der Waals surface area contributed by atoms with Gasteiger partial charge in [-0.2, -0.15) is 5.26 Å². The van der Waals surface area contributed by atoms with Crippen LogP contribution in [0.1, 0.15) is 56.5 Å². The van der Waals surface area contributed by atoms with Gasteiger partial charge in [0.2, 0.25) is 16.0 Å². The third kappa shape index (κ3) is 8.42. The van der Waals surface area contributed by atoms with Crippen LogP contribution < -0.4 is 34.5 Å². The molecule has 69 heavy (non-hydrogen) atoms. The Morgan fingerprint density at radius 2 is 1.65 bits per heavy atom. The molecule has 3 aromatic carbocycles. The largest absolute Gasteiger partial charge is 0.489 e. The summed E-state index contributed by atoms with van der Waals surface area (Å²) in [5, 5.41) is 13.2. The maximum atomic E-state index is 13.5. The summed E-state index contributed by atoms with van der Waals surface area (Å²) in [6, 6.07) is 22.6. The number of ether oxygens (including phenoxy) is 2. The minimum atomic E-state index is -3.51. The highest BCUT2D eigenvalue weighted by molar-refractivity contribution is 7.93. The number of H-pyrrole nitrogens is 1. The molecule has 18 heteroatoms. The molecule has 0 unspecified atom stereocenters. The predicted octanol–water partition coefficient (Wildman–Crippen LogP) is 7.19. The molecule has 2 aliphatic carbocycles. The Kier molecular flexibility index (Phi) is 11.6. The standard InChI is InChI=1S/C51H55ClN10O6S/c1-50(2)47(51(3,4)48(50)68-37-12-10-31(25-53)42(52)24-37)57-45(63)32-26-55-49(56-27-32)61-20-18-60(19-21-61)35-28-62(29-35)34-8-7-9-36(22-34)67-43-15-11-33(59(6)69(65,66)38-13-14-38)23-40(43)41-30-58(5)46(64)44-39(41)16-17-54-44/h7-12,15-17,22-24,26-27,30,35,38,47-48,54H,13-14,18-21,28-29H2,1-6H3,(H,57,63). The van der Waals surface area contributed by atoms with Crippen molar-refractivity contribution in [3.05, 3.63) is 118 Å². The van der Waals surface area contributed by atoms with Crippen molar-refractivity contribution in [2.24, 2.45) is 17.9 Å². The highest BCUT2D eigenvalue weighted by Gasteiger charge is 2.64. The van der Waals surface area contributed by atoms with E-state index in [1.54, 1.807) is 69.2 Å². The Hall–Kier alpha value is -6.61. The first-order valence-corrected chi connectivity index (χ1v) is 25.1. The van der Waals surface area contributed by atoms with Crippen molar-refractivity contribution >= 4 is 55.8 Å². The number of nitrogens with one attached hydrogen (secondary N) is 2. The number of halogens is 1. The maximum absolute atomic E-state index is 13.5. The van der Waals surface area contributed by atoms with E-state index >= 15 is 0 Å². The van der Waals surface area contributed by atoms with Crippen molar-refractivity contribution in [1.82, 2.24) is 29.7 Å². The van der Waals surface area contributed by atoms with E-state index in [-0.39, 0.29) is 28.9 Å². The number of aryl methyl sites for hydroxylation is 1. The van der Waals surface area contributed by atoms with Crippen LogP contribution in [0.15, 0.2) is 96.3 Å². The molecule has 0 bridgehead atoms. The zero-order chi connectivity index (χ0) is 48.6. The maximum Gasteiger partial charge on any atom is 0.274 e. The third-order valence-electron chi connectivity index (χ3n) is 14.6. The number of pyridine rings is 1. The van der Waals surface area contributed by atoms with Crippen molar-refractivity contribution < 1.29 is 22.7 Å². The number of hydrogen-bond acceptors (Lipinski definition) is 12. The molecular weight excluding hydrogens is 916 g/mol. The van der Waals surface area contributed by atoms with Gasteiger partial charge < -0.3 is 34.1 Å². The lowest BCUT2D eigenvalue weighted by Crippen LogP contribution is -2.74. The van der Waals surface area contributed by atoms with Crippen LogP contribution in [-0.2, 0) is 17.1 Å². The summed E-state index contributed by atoms with van der Waals surface area (Å²) < 4.78 is 42.4. The van der Waals surface area contributed by atoms with Crippen LogP contribution in [0.4, 0.5) is 17.3 Å². The molecule has 4 aliphatic rings. The first kappa shape index (κ1) is 46.1. The molecule has 2 saturated heterocycles. The molecule has 0 radical (unpaired) electrons. The van der Waals surface area contributed by atoms with Gasteiger partial charge in [-0.05, 0) is 61.4 Å². The van der Waals surface area contributed by atoms with E-state index in [1.165, 1.54) is 8.87 Å². The summed E-state index contributed by atoms with van der Waals surface area (Å²) in [4.78, 5) is 45.8. The van der Waals surface area contributed by atoms with Crippen LogP contribution in [0.5, 0.6) is 17.2 Å². The average Bonchev–Trinajstić information content (AvgIpc) is 4.08. The number of carbonyl (C=O) groups is 1. The number of anilines is 3.